The number of nitrogens with zero attached hydrogens (tertiary/aromatic N) is 3. The predicted octanol–water partition coefficient (Wildman–Crippen LogP) is 3.05. The Bertz CT molecular complexity index is 940. The van der Waals surface area contributed by atoms with Gasteiger partial charge in [0.05, 0.1) is 22.7 Å². The zero-order chi connectivity index (χ0) is 21.1. The summed E-state index contributed by atoms with van der Waals surface area (Å²) in [6, 6.07) is 3.94. The van der Waals surface area contributed by atoms with Crippen LogP contribution in [-0.4, -0.2) is 51.1 Å². The fourth-order valence-corrected chi connectivity index (χ4v) is 3.20. The number of rotatable bonds is 5. The quantitative estimate of drug-likeness (QED) is 0.663. The molecule has 2 heterocycles. The van der Waals surface area contributed by atoms with Gasteiger partial charge in [-0.25, -0.2) is 14.8 Å². The third-order valence-corrected chi connectivity index (χ3v) is 5.33. The maximum Gasteiger partial charge on any atom is 0.324 e. The number of aromatic nitrogens is 2. The Kier molecular flexibility index (Phi) is 6.56. The van der Waals surface area contributed by atoms with Gasteiger partial charge in [0.1, 0.15) is 5.69 Å². The molecule has 0 unspecified atom stereocenters. The summed E-state index contributed by atoms with van der Waals surface area (Å²) in [6.45, 7) is 3.68. The van der Waals surface area contributed by atoms with E-state index in [-0.39, 0.29) is 36.9 Å². The lowest BCUT2D eigenvalue weighted by Crippen LogP contribution is -2.48. The number of halogens is 2. The third-order valence-electron chi connectivity index (χ3n) is 4.60. The smallest absolute Gasteiger partial charge is 0.324 e. The normalized spacial score (nSPS) is 15.5. The molecule has 0 bridgehead atoms. The molecule has 8 nitrogen and oxygen atoms in total. The predicted molar refractivity (Wildman–Crippen MR) is 110 cm³/mol. The third kappa shape index (κ3) is 4.77. The van der Waals surface area contributed by atoms with Gasteiger partial charge in [-0.2, -0.15) is 0 Å². The van der Waals surface area contributed by atoms with Crippen LogP contribution in [0, 0.1) is 0 Å². The number of carbonyl (C=O) groups excluding carboxylic acids is 2. The van der Waals surface area contributed by atoms with Gasteiger partial charge in [0.15, 0.2) is 0 Å². The average Bonchev–Trinajstić information content (AvgIpc) is 2.70. The van der Waals surface area contributed by atoms with Gasteiger partial charge in [-0.15, -0.1) is 0 Å². The van der Waals surface area contributed by atoms with Crippen LogP contribution in [0.15, 0.2) is 24.4 Å². The van der Waals surface area contributed by atoms with E-state index >= 15 is 0 Å². The van der Waals surface area contributed by atoms with Crippen molar-refractivity contribution in [2.45, 2.75) is 32.4 Å². The van der Waals surface area contributed by atoms with Crippen molar-refractivity contribution in [3.05, 3.63) is 51.3 Å². The largest absolute Gasteiger partial charge is 0.394 e. The minimum absolute atomic E-state index is 0.102. The van der Waals surface area contributed by atoms with Crippen LogP contribution >= 0.6 is 23.2 Å². The van der Waals surface area contributed by atoms with Crippen LogP contribution in [0.3, 0.4) is 0 Å². The minimum atomic E-state index is -0.518. The van der Waals surface area contributed by atoms with Gasteiger partial charge in [0.2, 0.25) is 5.95 Å². The van der Waals surface area contributed by atoms with Crippen molar-refractivity contribution in [3.8, 4) is 0 Å². The highest BCUT2D eigenvalue weighted by Gasteiger charge is 2.31. The first kappa shape index (κ1) is 21.3. The van der Waals surface area contributed by atoms with Crippen molar-refractivity contribution in [3.63, 3.8) is 0 Å². The van der Waals surface area contributed by atoms with E-state index in [1.54, 1.807) is 38.2 Å². The van der Waals surface area contributed by atoms with Crippen molar-refractivity contribution in [2.24, 2.45) is 0 Å². The zero-order valence-corrected chi connectivity index (χ0v) is 17.5. The van der Waals surface area contributed by atoms with Gasteiger partial charge >= 0.3 is 6.03 Å². The van der Waals surface area contributed by atoms with Crippen molar-refractivity contribution in [1.82, 2.24) is 20.2 Å². The summed E-state index contributed by atoms with van der Waals surface area (Å²) in [7, 11) is 0. The monoisotopic (exact) mass is 437 g/mol. The Hall–Kier alpha value is -2.42. The second kappa shape index (κ2) is 8.94. The van der Waals surface area contributed by atoms with Gasteiger partial charge in [0, 0.05) is 24.3 Å². The highest BCUT2D eigenvalue weighted by Crippen LogP contribution is 2.26. The zero-order valence-electron chi connectivity index (χ0n) is 15.9. The van der Waals surface area contributed by atoms with Gasteiger partial charge in [-0.05, 0) is 38.0 Å². The Labute approximate surface area is 178 Å². The number of urea groups is 1. The van der Waals surface area contributed by atoms with Crippen LogP contribution in [0.2, 0.25) is 10.0 Å². The standard InChI is InChI=1S/C19H21Cl2N5O3/c1-10(9-27)23-18-22-8-13-5-6-26(17(28)16(13)25-18)19(29)24-11(2)12-3-4-14(20)15(21)7-12/h3-4,7-8,10-11,27H,5-6,9H2,1-2H3,(H,24,29)(H,22,23,25)/t10-,11+/m0/s1. The lowest BCUT2D eigenvalue weighted by molar-refractivity contribution is 0.0777. The molecule has 1 aromatic carbocycles. The van der Waals surface area contributed by atoms with Crippen molar-refractivity contribution in [1.29, 1.82) is 0 Å². The number of amides is 3. The maximum atomic E-state index is 12.8. The summed E-state index contributed by atoms with van der Waals surface area (Å²) in [6.07, 6.45) is 2.03. The number of aliphatic hydroxyl groups excluding tert-OH is 1. The number of imide groups is 1. The molecule has 3 N–H and O–H groups in total. The lowest BCUT2D eigenvalue weighted by atomic mass is 10.1. The molecule has 1 aromatic heterocycles. The van der Waals surface area contributed by atoms with E-state index < -0.39 is 11.9 Å². The number of hydrogen-bond acceptors (Lipinski definition) is 6. The highest BCUT2D eigenvalue weighted by atomic mass is 35.5. The van der Waals surface area contributed by atoms with Crippen molar-refractivity contribution < 1.29 is 14.7 Å². The molecule has 3 amide bonds. The molecule has 3 rings (SSSR count). The van der Waals surface area contributed by atoms with E-state index in [9.17, 15) is 9.59 Å². The number of aliphatic hydroxyl groups is 1. The number of fused-ring (bicyclic) bond motifs is 1. The van der Waals surface area contributed by atoms with E-state index in [1.165, 1.54) is 0 Å². The van der Waals surface area contributed by atoms with Gasteiger partial charge in [0.25, 0.3) is 5.91 Å². The highest BCUT2D eigenvalue weighted by molar-refractivity contribution is 6.42. The summed E-state index contributed by atoms with van der Waals surface area (Å²) in [5, 5.41) is 15.7. The number of nitrogens with one attached hydrogen (secondary N) is 2. The van der Waals surface area contributed by atoms with Crippen LogP contribution < -0.4 is 10.6 Å². The molecule has 29 heavy (non-hydrogen) atoms. The SMILES string of the molecule is C[C@@H](CO)Nc1ncc2c(n1)C(=O)N(C(=O)N[C@H](C)c1ccc(Cl)c(Cl)c1)CC2. The molecule has 10 heteroatoms. The number of hydrogen-bond donors (Lipinski definition) is 3. The molecule has 0 aliphatic carbocycles. The maximum absolute atomic E-state index is 12.8. The van der Waals surface area contributed by atoms with Crippen molar-refractivity contribution >= 4 is 41.1 Å². The Morgan fingerprint density at radius 1 is 1.31 bits per heavy atom. The topological polar surface area (TPSA) is 107 Å². The lowest BCUT2D eigenvalue weighted by Gasteiger charge is -2.28. The molecule has 2 aromatic rings. The fourth-order valence-electron chi connectivity index (χ4n) is 2.89. The van der Waals surface area contributed by atoms with Crippen LogP contribution in [-0.2, 0) is 6.42 Å². The molecule has 0 saturated carbocycles. The number of benzene rings is 1. The summed E-state index contributed by atoms with van der Waals surface area (Å²) in [5.41, 5.74) is 1.62. The summed E-state index contributed by atoms with van der Waals surface area (Å²) in [5.74, 6) is -0.266. The van der Waals surface area contributed by atoms with Gasteiger partial charge in [-0.3, -0.25) is 9.69 Å². The van der Waals surface area contributed by atoms with E-state index in [0.29, 0.717) is 22.0 Å². The summed E-state index contributed by atoms with van der Waals surface area (Å²) >= 11 is 12.0. The van der Waals surface area contributed by atoms with E-state index in [1.807, 2.05) is 0 Å². The molecule has 154 valence electrons. The fraction of sp³-hybridized carbons (Fsp3) is 0.368. The first-order valence-corrected chi connectivity index (χ1v) is 9.86. The molecule has 1 aliphatic rings. The molecule has 0 saturated heterocycles. The first-order valence-electron chi connectivity index (χ1n) is 9.10. The van der Waals surface area contributed by atoms with Crippen LogP contribution in [0.1, 0.15) is 41.5 Å². The van der Waals surface area contributed by atoms with E-state index in [4.69, 9.17) is 28.3 Å². The summed E-state index contributed by atoms with van der Waals surface area (Å²) < 4.78 is 0. The van der Waals surface area contributed by atoms with E-state index in [0.717, 1.165) is 10.5 Å². The molecule has 2 atom stereocenters. The first-order chi connectivity index (χ1) is 13.8. The molecule has 0 fully saturated rings. The Morgan fingerprint density at radius 3 is 2.76 bits per heavy atom. The van der Waals surface area contributed by atoms with Gasteiger partial charge < -0.3 is 15.7 Å². The van der Waals surface area contributed by atoms with Crippen molar-refractivity contribution in [2.75, 3.05) is 18.5 Å². The van der Waals surface area contributed by atoms with E-state index in [2.05, 4.69) is 20.6 Å². The molecular weight excluding hydrogens is 417 g/mol. The molecule has 1 aliphatic heterocycles. The Morgan fingerprint density at radius 2 is 2.07 bits per heavy atom. The number of anilines is 1. The second-order valence-electron chi connectivity index (χ2n) is 6.85. The average molecular weight is 438 g/mol. The van der Waals surface area contributed by atoms with Gasteiger partial charge in [-0.1, -0.05) is 29.3 Å². The molecule has 0 radical (unpaired) electrons. The molecular formula is C19H21Cl2N5O3. The Balaban J connectivity index is 1.73. The molecule has 0 spiro atoms. The van der Waals surface area contributed by atoms with Crippen LogP contribution in [0.5, 0.6) is 0 Å². The van der Waals surface area contributed by atoms with Crippen LogP contribution in [0.25, 0.3) is 0 Å². The minimum Gasteiger partial charge on any atom is -0.394 e. The summed E-state index contributed by atoms with van der Waals surface area (Å²) in [4.78, 5) is 35.1. The van der Waals surface area contributed by atoms with Crippen LogP contribution in [0.4, 0.5) is 10.7 Å². The second-order valence-corrected chi connectivity index (χ2v) is 7.66. The number of carbonyl (C=O) groups is 2.